The van der Waals surface area contributed by atoms with Gasteiger partial charge in [-0.15, -0.1) is 0 Å². The quantitative estimate of drug-likeness (QED) is 0.684. The molecular formula is C16H15BrCl2FN. The molecule has 0 aliphatic rings. The number of nitrogens with one attached hydrogen (secondary N) is 1. The van der Waals surface area contributed by atoms with E-state index in [1.165, 1.54) is 6.07 Å². The molecule has 0 aliphatic heterocycles. The first-order chi connectivity index (χ1) is 9.92. The molecule has 1 unspecified atom stereocenters. The summed E-state index contributed by atoms with van der Waals surface area (Å²) in [7, 11) is 0. The molecule has 0 amide bonds. The molecule has 0 saturated carbocycles. The second-order valence-electron chi connectivity index (χ2n) is 4.82. The van der Waals surface area contributed by atoms with Gasteiger partial charge in [0.25, 0.3) is 0 Å². The summed E-state index contributed by atoms with van der Waals surface area (Å²) in [5.41, 5.74) is 2.38. The Labute approximate surface area is 142 Å². The van der Waals surface area contributed by atoms with Gasteiger partial charge in [-0.2, -0.15) is 0 Å². The molecule has 0 aliphatic carbocycles. The number of hydrogen-bond donors (Lipinski definition) is 1. The molecular weight excluding hydrogens is 376 g/mol. The van der Waals surface area contributed by atoms with Gasteiger partial charge in [0.05, 0.1) is 6.04 Å². The molecule has 0 radical (unpaired) electrons. The molecule has 5 heteroatoms. The van der Waals surface area contributed by atoms with E-state index < -0.39 is 0 Å². The van der Waals surface area contributed by atoms with E-state index in [2.05, 4.69) is 21.2 Å². The maximum absolute atomic E-state index is 13.6. The second-order valence-corrected chi connectivity index (χ2v) is 6.58. The molecule has 2 aromatic carbocycles. The number of rotatable bonds is 4. The van der Waals surface area contributed by atoms with Crippen LogP contribution in [0.1, 0.15) is 29.7 Å². The Morgan fingerprint density at radius 1 is 1.19 bits per heavy atom. The fourth-order valence-corrected chi connectivity index (χ4v) is 3.40. The van der Waals surface area contributed by atoms with Crippen LogP contribution in [0, 0.1) is 12.7 Å². The van der Waals surface area contributed by atoms with E-state index in [0.29, 0.717) is 15.6 Å². The third-order valence-corrected chi connectivity index (χ3v) is 4.22. The molecule has 0 fully saturated rings. The van der Waals surface area contributed by atoms with Crippen molar-refractivity contribution in [3.8, 4) is 0 Å². The predicted octanol–water partition coefficient (Wildman–Crippen LogP) is 5.90. The Morgan fingerprint density at radius 3 is 2.52 bits per heavy atom. The summed E-state index contributed by atoms with van der Waals surface area (Å²) in [6.45, 7) is 4.49. The van der Waals surface area contributed by atoms with Crippen LogP contribution < -0.4 is 5.32 Å². The van der Waals surface area contributed by atoms with Gasteiger partial charge in [-0.3, -0.25) is 0 Å². The van der Waals surface area contributed by atoms with Crippen LogP contribution in [-0.2, 0) is 0 Å². The fourth-order valence-electron chi connectivity index (χ4n) is 2.25. The number of halogens is 4. The van der Waals surface area contributed by atoms with E-state index in [0.717, 1.165) is 22.1 Å². The van der Waals surface area contributed by atoms with Gasteiger partial charge in [-0.25, -0.2) is 4.39 Å². The summed E-state index contributed by atoms with van der Waals surface area (Å²) in [4.78, 5) is 0. The van der Waals surface area contributed by atoms with E-state index in [-0.39, 0.29) is 11.9 Å². The van der Waals surface area contributed by atoms with Crippen molar-refractivity contribution in [3.63, 3.8) is 0 Å². The van der Waals surface area contributed by atoms with Gasteiger partial charge >= 0.3 is 0 Å². The summed E-state index contributed by atoms with van der Waals surface area (Å²) in [6.07, 6.45) is 0. The van der Waals surface area contributed by atoms with Crippen LogP contribution in [0.2, 0.25) is 10.0 Å². The van der Waals surface area contributed by atoms with Crippen molar-refractivity contribution in [1.82, 2.24) is 5.32 Å². The van der Waals surface area contributed by atoms with E-state index in [1.54, 1.807) is 13.0 Å². The number of benzene rings is 2. The Bertz CT molecular complexity index is 641. The Balaban J connectivity index is 2.55. The van der Waals surface area contributed by atoms with Gasteiger partial charge in [-0.05, 0) is 60.5 Å². The van der Waals surface area contributed by atoms with Crippen molar-refractivity contribution >= 4 is 39.1 Å². The Kier molecular flexibility index (Phi) is 5.67. The molecule has 2 aromatic rings. The lowest BCUT2D eigenvalue weighted by Crippen LogP contribution is -2.22. The predicted molar refractivity (Wildman–Crippen MR) is 90.8 cm³/mol. The van der Waals surface area contributed by atoms with Crippen LogP contribution in [0.25, 0.3) is 0 Å². The van der Waals surface area contributed by atoms with Crippen molar-refractivity contribution in [1.29, 1.82) is 0 Å². The molecule has 21 heavy (non-hydrogen) atoms. The smallest absolute Gasteiger partial charge is 0.127 e. The van der Waals surface area contributed by atoms with Crippen LogP contribution in [0.3, 0.4) is 0 Å². The molecule has 0 spiro atoms. The van der Waals surface area contributed by atoms with Gasteiger partial charge in [0.1, 0.15) is 5.82 Å². The minimum Gasteiger partial charge on any atom is -0.306 e. The lowest BCUT2D eigenvalue weighted by atomic mass is 9.97. The van der Waals surface area contributed by atoms with Crippen molar-refractivity contribution in [3.05, 3.63) is 67.4 Å². The highest BCUT2D eigenvalue weighted by Crippen LogP contribution is 2.33. The molecule has 1 N–H and O–H groups in total. The number of hydrogen-bond acceptors (Lipinski definition) is 1. The average molecular weight is 391 g/mol. The summed E-state index contributed by atoms with van der Waals surface area (Å²) in [5.74, 6) is -0.300. The topological polar surface area (TPSA) is 12.0 Å². The first kappa shape index (κ1) is 16.8. The highest BCUT2D eigenvalue weighted by molar-refractivity contribution is 9.10. The van der Waals surface area contributed by atoms with Gasteiger partial charge in [0.15, 0.2) is 0 Å². The molecule has 1 nitrogen and oxygen atoms in total. The van der Waals surface area contributed by atoms with Crippen LogP contribution in [0.15, 0.2) is 34.8 Å². The maximum Gasteiger partial charge on any atom is 0.127 e. The molecule has 2 rings (SSSR count). The van der Waals surface area contributed by atoms with Crippen molar-refractivity contribution in [2.45, 2.75) is 19.9 Å². The Morgan fingerprint density at radius 2 is 1.90 bits per heavy atom. The lowest BCUT2D eigenvalue weighted by molar-refractivity contribution is 0.606. The molecule has 0 saturated heterocycles. The zero-order valence-electron chi connectivity index (χ0n) is 11.7. The number of aryl methyl sites for hydroxylation is 1. The SMILES string of the molecule is CCNC(c1cc(Cl)cc(Br)c1)c1cc(C)c(F)cc1Cl. The van der Waals surface area contributed by atoms with Gasteiger partial charge in [0.2, 0.25) is 0 Å². The minimum atomic E-state index is -0.300. The van der Waals surface area contributed by atoms with Crippen molar-refractivity contribution in [2.24, 2.45) is 0 Å². The minimum absolute atomic E-state index is 0.142. The monoisotopic (exact) mass is 389 g/mol. The van der Waals surface area contributed by atoms with E-state index >= 15 is 0 Å². The second kappa shape index (κ2) is 7.10. The van der Waals surface area contributed by atoms with Crippen LogP contribution in [0.4, 0.5) is 4.39 Å². The summed E-state index contributed by atoms with van der Waals surface area (Å²) >= 11 is 15.8. The van der Waals surface area contributed by atoms with Gasteiger partial charge < -0.3 is 5.32 Å². The van der Waals surface area contributed by atoms with Crippen LogP contribution in [0.5, 0.6) is 0 Å². The Hall–Kier alpha value is -0.610. The maximum atomic E-state index is 13.6. The molecule has 0 bridgehead atoms. The third-order valence-electron chi connectivity index (χ3n) is 3.22. The van der Waals surface area contributed by atoms with Crippen molar-refractivity contribution in [2.75, 3.05) is 6.54 Å². The summed E-state index contributed by atoms with van der Waals surface area (Å²) in [6, 6.07) is 8.68. The normalized spacial score (nSPS) is 12.5. The molecule has 1 atom stereocenters. The highest BCUT2D eigenvalue weighted by atomic mass is 79.9. The third kappa shape index (κ3) is 3.98. The standard InChI is InChI=1S/C16H15BrCl2FN/c1-3-21-16(10-5-11(17)7-12(18)6-10)13-4-9(2)15(20)8-14(13)19/h4-8,16,21H,3H2,1-2H3. The van der Waals surface area contributed by atoms with E-state index in [1.807, 2.05) is 25.1 Å². The zero-order valence-corrected chi connectivity index (χ0v) is 14.8. The van der Waals surface area contributed by atoms with E-state index in [9.17, 15) is 4.39 Å². The average Bonchev–Trinajstić information content (AvgIpc) is 2.39. The van der Waals surface area contributed by atoms with Crippen molar-refractivity contribution < 1.29 is 4.39 Å². The first-order valence-electron chi connectivity index (χ1n) is 6.57. The summed E-state index contributed by atoms with van der Waals surface area (Å²) in [5, 5.41) is 4.41. The molecule has 112 valence electrons. The first-order valence-corrected chi connectivity index (χ1v) is 8.12. The largest absolute Gasteiger partial charge is 0.306 e. The lowest BCUT2D eigenvalue weighted by Gasteiger charge is -2.21. The van der Waals surface area contributed by atoms with E-state index in [4.69, 9.17) is 23.2 Å². The van der Waals surface area contributed by atoms with Gasteiger partial charge in [0, 0.05) is 14.5 Å². The summed E-state index contributed by atoms with van der Waals surface area (Å²) < 4.78 is 14.5. The highest BCUT2D eigenvalue weighted by Gasteiger charge is 2.18. The van der Waals surface area contributed by atoms with Gasteiger partial charge in [-0.1, -0.05) is 46.1 Å². The van der Waals surface area contributed by atoms with Crippen LogP contribution >= 0.6 is 39.1 Å². The molecule has 0 aromatic heterocycles. The fraction of sp³-hybridized carbons (Fsp3) is 0.250. The zero-order chi connectivity index (χ0) is 15.6. The van der Waals surface area contributed by atoms with Crippen LogP contribution in [-0.4, -0.2) is 6.54 Å². The molecule has 0 heterocycles.